The van der Waals surface area contributed by atoms with E-state index in [4.69, 9.17) is 10.5 Å². The molecule has 0 unspecified atom stereocenters. The standard InChI is InChI=1S/C15H14Br2N2O2/c1-2-21-14-10(4-3-5-12(14)18)15(20)19-13-8-9(16)6-7-11(13)17/h3-8H,2,18H2,1H3,(H,19,20). The molecule has 110 valence electrons. The number of hydrogen-bond donors (Lipinski definition) is 2. The summed E-state index contributed by atoms with van der Waals surface area (Å²) in [6, 6.07) is 10.7. The average Bonchev–Trinajstić information content (AvgIpc) is 2.45. The number of nitrogens with one attached hydrogen (secondary N) is 1. The van der Waals surface area contributed by atoms with Gasteiger partial charge in [0.2, 0.25) is 0 Å². The third-order valence-corrected chi connectivity index (χ3v) is 3.94. The number of ether oxygens (including phenoxy) is 1. The van der Waals surface area contributed by atoms with E-state index in [1.807, 2.05) is 25.1 Å². The van der Waals surface area contributed by atoms with Crippen molar-refractivity contribution < 1.29 is 9.53 Å². The molecular formula is C15H14Br2N2O2. The van der Waals surface area contributed by atoms with Crippen LogP contribution in [0.2, 0.25) is 0 Å². The Hall–Kier alpha value is -1.53. The van der Waals surface area contributed by atoms with Crippen LogP contribution in [-0.4, -0.2) is 12.5 Å². The van der Waals surface area contributed by atoms with Crippen molar-refractivity contribution in [2.24, 2.45) is 0 Å². The number of rotatable bonds is 4. The van der Waals surface area contributed by atoms with Gasteiger partial charge in [0, 0.05) is 8.95 Å². The predicted molar refractivity (Wildman–Crippen MR) is 91.8 cm³/mol. The van der Waals surface area contributed by atoms with Crippen LogP contribution < -0.4 is 15.8 Å². The van der Waals surface area contributed by atoms with Gasteiger partial charge in [-0.1, -0.05) is 22.0 Å². The number of carbonyl (C=O) groups is 1. The van der Waals surface area contributed by atoms with Crippen molar-refractivity contribution in [2.45, 2.75) is 6.92 Å². The molecule has 0 aliphatic carbocycles. The molecule has 4 nitrogen and oxygen atoms in total. The first-order valence-electron chi connectivity index (χ1n) is 6.30. The molecule has 0 heterocycles. The SMILES string of the molecule is CCOc1c(N)cccc1C(=O)Nc1cc(Br)ccc1Br. The summed E-state index contributed by atoms with van der Waals surface area (Å²) < 4.78 is 7.14. The number of benzene rings is 2. The number of nitrogen functional groups attached to an aromatic ring is 1. The zero-order chi connectivity index (χ0) is 15.4. The second-order valence-electron chi connectivity index (χ2n) is 4.24. The average molecular weight is 414 g/mol. The molecule has 0 radical (unpaired) electrons. The number of hydrogen-bond acceptors (Lipinski definition) is 3. The normalized spacial score (nSPS) is 10.2. The van der Waals surface area contributed by atoms with Crippen LogP contribution in [-0.2, 0) is 0 Å². The molecule has 21 heavy (non-hydrogen) atoms. The highest BCUT2D eigenvalue weighted by Crippen LogP contribution is 2.30. The summed E-state index contributed by atoms with van der Waals surface area (Å²) in [7, 11) is 0. The molecule has 0 bridgehead atoms. The van der Waals surface area contributed by atoms with Crippen LogP contribution in [0.4, 0.5) is 11.4 Å². The van der Waals surface area contributed by atoms with Crippen LogP contribution in [0, 0.1) is 0 Å². The molecule has 2 aromatic carbocycles. The van der Waals surface area contributed by atoms with Crippen LogP contribution in [0.25, 0.3) is 0 Å². The van der Waals surface area contributed by atoms with Crippen LogP contribution in [0.5, 0.6) is 5.75 Å². The van der Waals surface area contributed by atoms with E-state index in [0.717, 1.165) is 8.95 Å². The highest BCUT2D eigenvalue weighted by molar-refractivity contribution is 9.11. The van der Waals surface area contributed by atoms with E-state index in [1.165, 1.54) is 0 Å². The van der Waals surface area contributed by atoms with E-state index in [9.17, 15) is 4.79 Å². The molecule has 0 spiro atoms. The van der Waals surface area contributed by atoms with Gasteiger partial charge in [0.05, 0.1) is 23.5 Å². The number of anilines is 2. The molecule has 0 saturated carbocycles. The van der Waals surface area contributed by atoms with E-state index in [1.54, 1.807) is 18.2 Å². The lowest BCUT2D eigenvalue weighted by Gasteiger charge is -2.13. The van der Waals surface area contributed by atoms with Gasteiger partial charge < -0.3 is 15.8 Å². The maximum absolute atomic E-state index is 12.4. The van der Waals surface area contributed by atoms with Crippen molar-refractivity contribution >= 4 is 49.1 Å². The molecular weight excluding hydrogens is 400 g/mol. The van der Waals surface area contributed by atoms with Gasteiger partial charge in [0.15, 0.2) is 5.75 Å². The molecule has 1 amide bonds. The van der Waals surface area contributed by atoms with Gasteiger partial charge in [-0.3, -0.25) is 4.79 Å². The zero-order valence-electron chi connectivity index (χ0n) is 11.3. The Morgan fingerprint density at radius 3 is 2.76 bits per heavy atom. The maximum atomic E-state index is 12.4. The molecule has 2 rings (SSSR count). The number of carbonyl (C=O) groups excluding carboxylic acids is 1. The lowest BCUT2D eigenvalue weighted by molar-refractivity contribution is 0.102. The summed E-state index contributed by atoms with van der Waals surface area (Å²) in [6.07, 6.45) is 0. The van der Waals surface area contributed by atoms with E-state index in [2.05, 4.69) is 37.2 Å². The highest BCUT2D eigenvalue weighted by atomic mass is 79.9. The Morgan fingerprint density at radius 1 is 1.29 bits per heavy atom. The quantitative estimate of drug-likeness (QED) is 0.728. The summed E-state index contributed by atoms with van der Waals surface area (Å²) in [6.45, 7) is 2.29. The topological polar surface area (TPSA) is 64.3 Å². The summed E-state index contributed by atoms with van der Waals surface area (Å²) in [5.41, 5.74) is 7.39. The van der Waals surface area contributed by atoms with E-state index < -0.39 is 0 Å². The van der Waals surface area contributed by atoms with Crippen LogP contribution in [0.15, 0.2) is 45.3 Å². The summed E-state index contributed by atoms with van der Waals surface area (Å²) in [5, 5.41) is 2.84. The van der Waals surface area contributed by atoms with E-state index in [0.29, 0.717) is 29.3 Å². The van der Waals surface area contributed by atoms with Crippen molar-refractivity contribution in [1.82, 2.24) is 0 Å². The van der Waals surface area contributed by atoms with Crippen molar-refractivity contribution in [3.05, 3.63) is 50.9 Å². The highest BCUT2D eigenvalue weighted by Gasteiger charge is 2.16. The summed E-state index contributed by atoms with van der Waals surface area (Å²) in [4.78, 5) is 12.4. The van der Waals surface area contributed by atoms with Crippen molar-refractivity contribution in [3.8, 4) is 5.75 Å². The number of halogens is 2. The minimum atomic E-state index is -0.274. The smallest absolute Gasteiger partial charge is 0.259 e. The minimum Gasteiger partial charge on any atom is -0.491 e. The second-order valence-corrected chi connectivity index (χ2v) is 6.01. The van der Waals surface area contributed by atoms with E-state index in [-0.39, 0.29) is 5.91 Å². The Bertz CT molecular complexity index is 675. The number of amides is 1. The Kier molecular flexibility index (Phi) is 5.25. The zero-order valence-corrected chi connectivity index (χ0v) is 14.5. The molecule has 3 N–H and O–H groups in total. The predicted octanol–water partition coefficient (Wildman–Crippen LogP) is 4.44. The fourth-order valence-electron chi connectivity index (χ4n) is 1.82. The molecule has 0 aliphatic heterocycles. The summed E-state index contributed by atoms with van der Waals surface area (Å²) >= 11 is 6.78. The lowest BCUT2D eigenvalue weighted by atomic mass is 10.1. The van der Waals surface area contributed by atoms with Gasteiger partial charge in [-0.15, -0.1) is 0 Å². The second kappa shape index (κ2) is 6.95. The van der Waals surface area contributed by atoms with Gasteiger partial charge in [0.1, 0.15) is 0 Å². The van der Waals surface area contributed by atoms with Gasteiger partial charge in [-0.05, 0) is 53.2 Å². The molecule has 0 atom stereocenters. The third kappa shape index (κ3) is 3.77. The number of para-hydroxylation sites is 1. The lowest BCUT2D eigenvalue weighted by Crippen LogP contribution is -2.15. The fraction of sp³-hybridized carbons (Fsp3) is 0.133. The third-order valence-electron chi connectivity index (χ3n) is 2.76. The van der Waals surface area contributed by atoms with Gasteiger partial charge >= 0.3 is 0 Å². The molecule has 0 aromatic heterocycles. The molecule has 6 heteroatoms. The van der Waals surface area contributed by atoms with Crippen molar-refractivity contribution in [3.63, 3.8) is 0 Å². The molecule has 0 saturated heterocycles. The van der Waals surface area contributed by atoms with Crippen LogP contribution in [0.3, 0.4) is 0 Å². The minimum absolute atomic E-state index is 0.274. The Labute approximate surface area is 139 Å². The van der Waals surface area contributed by atoms with Gasteiger partial charge in [-0.25, -0.2) is 0 Å². The van der Waals surface area contributed by atoms with Crippen LogP contribution >= 0.6 is 31.9 Å². The Morgan fingerprint density at radius 2 is 2.05 bits per heavy atom. The van der Waals surface area contributed by atoms with E-state index >= 15 is 0 Å². The molecule has 0 aliphatic rings. The Balaban J connectivity index is 2.32. The maximum Gasteiger partial charge on any atom is 0.259 e. The van der Waals surface area contributed by atoms with Crippen LogP contribution in [0.1, 0.15) is 17.3 Å². The van der Waals surface area contributed by atoms with Gasteiger partial charge in [0.25, 0.3) is 5.91 Å². The van der Waals surface area contributed by atoms with Gasteiger partial charge in [-0.2, -0.15) is 0 Å². The first kappa shape index (κ1) is 15.9. The van der Waals surface area contributed by atoms with Crippen molar-refractivity contribution in [1.29, 1.82) is 0 Å². The number of nitrogens with two attached hydrogens (primary N) is 1. The fourth-order valence-corrected chi connectivity index (χ4v) is 2.53. The largest absolute Gasteiger partial charge is 0.491 e. The monoisotopic (exact) mass is 412 g/mol. The molecule has 2 aromatic rings. The van der Waals surface area contributed by atoms with Crippen molar-refractivity contribution in [2.75, 3.05) is 17.7 Å². The first-order chi connectivity index (χ1) is 10.0. The molecule has 0 fully saturated rings. The summed E-state index contributed by atoms with van der Waals surface area (Å²) in [5.74, 6) is 0.133. The first-order valence-corrected chi connectivity index (χ1v) is 7.89.